The van der Waals surface area contributed by atoms with E-state index >= 15 is 0 Å². The van der Waals surface area contributed by atoms with Gasteiger partial charge in [0.1, 0.15) is 0 Å². The highest BCUT2D eigenvalue weighted by Gasteiger charge is 2.17. The van der Waals surface area contributed by atoms with Gasteiger partial charge in [0, 0.05) is 22.6 Å². The summed E-state index contributed by atoms with van der Waals surface area (Å²) in [5.41, 5.74) is 1.10. The summed E-state index contributed by atoms with van der Waals surface area (Å²) >= 11 is 6.02. The number of nitro groups is 1. The standard InChI is InChI=1S/C19H15ClN4O4/c20-14-6-7-16(15(12-14)19(26)13-4-2-1-3-5-13)21-18(25)9-11-23-10-8-17(22-23)24(27)28/h1-8,10,12H,9,11H2,(H,21,25). The lowest BCUT2D eigenvalue weighted by molar-refractivity contribution is -0.389. The minimum atomic E-state index is -0.605. The van der Waals surface area contributed by atoms with Gasteiger partial charge in [0.25, 0.3) is 0 Å². The van der Waals surface area contributed by atoms with Crippen LogP contribution in [0.5, 0.6) is 0 Å². The predicted octanol–water partition coefficient (Wildman–Crippen LogP) is 3.70. The molecule has 1 amide bonds. The molecule has 2 aromatic carbocycles. The third-order valence-electron chi connectivity index (χ3n) is 3.92. The molecule has 8 nitrogen and oxygen atoms in total. The summed E-state index contributed by atoms with van der Waals surface area (Å²) < 4.78 is 1.32. The first kappa shape index (κ1) is 19.2. The van der Waals surface area contributed by atoms with Crippen molar-refractivity contribution in [1.29, 1.82) is 0 Å². The van der Waals surface area contributed by atoms with Crippen molar-refractivity contribution in [1.82, 2.24) is 9.78 Å². The number of rotatable bonds is 7. The highest BCUT2D eigenvalue weighted by molar-refractivity contribution is 6.31. The predicted molar refractivity (Wildman–Crippen MR) is 103 cm³/mol. The fraction of sp³-hybridized carbons (Fsp3) is 0.105. The molecule has 0 aliphatic carbocycles. The summed E-state index contributed by atoms with van der Waals surface area (Å²) in [4.78, 5) is 35.1. The number of benzene rings is 2. The van der Waals surface area contributed by atoms with E-state index in [-0.39, 0.29) is 36.0 Å². The Morgan fingerprint density at radius 2 is 1.89 bits per heavy atom. The molecular formula is C19H15ClN4O4. The number of anilines is 1. The highest BCUT2D eigenvalue weighted by Crippen LogP contribution is 2.24. The maximum Gasteiger partial charge on any atom is 0.389 e. The molecule has 0 aliphatic rings. The largest absolute Gasteiger partial charge is 0.389 e. The zero-order chi connectivity index (χ0) is 20.1. The van der Waals surface area contributed by atoms with Crippen molar-refractivity contribution in [2.45, 2.75) is 13.0 Å². The second kappa shape index (κ2) is 8.45. The number of amides is 1. The zero-order valence-electron chi connectivity index (χ0n) is 14.5. The minimum Gasteiger partial charge on any atom is -0.358 e. The van der Waals surface area contributed by atoms with Gasteiger partial charge in [-0.25, -0.2) is 0 Å². The second-order valence-electron chi connectivity index (χ2n) is 5.88. The Hall–Kier alpha value is -3.52. The first-order valence-electron chi connectivity index (χ1n) is 8.31. The van der Waals surface area contributed by atoms with Gasteiger partial charge in [-0.3, -0.25) is 9.59 Å². The molecule has 9 heteroatoms. The molecule has 0 saturated heterocycles. The summed E-state index contributed by atoms with van der Waals surface area (Å²) in [6.45, 7) is 0.162. The molecule has 3 rings (SSSR count). The van der Waals surface area contributed by atoms with Crippen LogP contribution in [0.3, 0.4) is 0 Å². The van der Waals surface area contributed by atoms with Crippen molar-refractivity contribution >= 4 is 34.8 Å². The molecule has 1 heterocycles. The number of aromatic nitrogens is 2. The maximum atomic E-state index is 12.8. The van der Waals surface area contributed by atoms with Crippen molar-refractivity contribution in [3.8, 4) is 0 Å². The van der Waals surface area contributed by atoms with Crippen LogP contribution < -0.4 is 5.32 Å². The van der Waals surface area contributed by atoms with E-state index in [4.69, 9.17) is 11.6 Å². The minimum absolute atomic E-state index is 0.0282. The van der Waals surface area contributed by atoms with Gasteiger partial charge in [0.2, 0.25) is 5.91 Å². The van der Waals surface area contributed by atoms with Crippen molar-refractivity contribution in [2.75, 3.05) is 5.32 Å². The number of aryl methyl sites for hydroxylation is 1. The van der Waals surface area contributed by atoms with E-state index < -0.39 is 4.92 Å². The molecule has 0 aliphatic heterocycles. The number of nitrogens with zero attached hydrogens (tertiary/aromatic N) is 3. The number of ketones is 1. The normalized spacial score (nSPS) is 10.5. The van der Waals surface area contributed by atoms with Gasteiger partial charge < -0.3 is 15.4 Å². The Morgan fingerprint density at radius 3 is 2.57 bits per heavy atom. The molecule has 3 aromatic rings. The number of hydrogen-bond donors (Lipinski definition) is 1. The molecule has 1 N–H and O–H groups in total. The Bertz CT molecular complexity index is 1030. The summed E-state index contributed by atoms with van der Waals surface area (Å²) in [6, 6.07) is 14.6. The first-order valence-corrected chi connectivity index (χ1v) is 8.69. The third kappa shape index (κ3) is 4.60. The lowest BCUT2D eigenvalue weighted by Gasteiger charge is -2.11. The molecule has 1 aromatic heterocycles. The molecule has 0 fully saturated rings. The van der Waals surface area contributed by atoms with E-state index in [1.54, 1.807) is 42.5 Å². The number of carbonyl (C=O) groups excluding carboxylic acids is 2. The van der Waals surface area contributed by atoms with Crippen molar-refractivity contribution in [2.24, 2.45) is 0 Å². The van der Waals surface area contributed by atoms with Gasteiger partial charge in [-0.2, -0.15) is 4.68 Å². The van der Waals surface area contributed by atoms with Crippen molar-refractivity contribution < 1.29 is 14.5 Å². The van der Waals surface area contributed by atoms with E-state index in [0.29, 0.717) is 16.3 Å². The Morgan fingerprint density at radius 1 is 1.14 bits per heavy atom. The molecule has 0 spiro atoms. The van der Waals surface area contributed by atoms with Gasteiger partial charge in [0.15, 0.2) is 5.78 Å². The fourth-order valence-corrected chi connectivity index (χ4v) is 2.73. The maximum absolute atomic E-state index is 12.8. The van der Waals surface area contributed by atoms with Gasteiger partial charge in [0.05, 0.1) is 29.6 Å². The molecule has 28 heavy (non-hydrogen) atoms. The van der Waals surface area contributed by atoms with E-state index in [9.17, 15) is 19.7 Å². The summed E-state index contributed by atoms with van der Waals surface area (Å²) in [7, 11) is 0. The Balaban J connectivity index is 1.72. The monoisotopic (exact) mass is 398 g/mol. The van der Waals surface area contributed by atoms with E-state index in [1.807, 2.05) is 0 Å². The van der Waals surface area contributed by atoms with Crippen molar-refractivity contribution in [3.63, 3.8) is 0 Å². The Labute approximate surface area is 164 Å². The lowest BCUT2D eigenvalue weighted by atomic mass is 10.0. The lowest BCUT2D eigenvalue weighted by Crippen LogP contribution is -2.17. The quantitative estimate of drug-likeness (QED) is 0.371. The molecule has 142 valence electrons. The second-order valence-corrected chi connectivity index (χ2v) is 6.31. The fourth-order valence-electron chi connectivity index (χ4n) is 2.56. The first-order chi connectivity index (χ1) is 13.4. The SMILES string of the molecule is O=C(CCn1ccc([N+](=O)[O-])n1)Nc1ccc(Cl)cc1C(=O)c1ccccc1. The van der Waals surface area contributed by atoms with Crippen LogP contribution in [0.2, 0.25) is 5.02 Å². The zero-order valence-corrected chi connectivity index (χ0v) is 15.3. The van der Waals surface area contributed by atoms with Crippen LogP contribution in [-0.2, 0) is 11.3 Å². The van der Waals surface area contributed by atoms with E-state index in [0.717, 1.165) is 0 Å². The summed E-state index contributed by atoms with van der Waals surface area (Å²) in [5, 5.41) is 17.5. The van der Waals surface area contributed by atoms with Crippen LogP contribution in [0.1, 0.15) is 22.3 Å². The molecule has 0 unspecified atom stereocenters. The number of halogens is 1. The van der Waals surface area contributed by atoms with Crippen LogP contribution in [0.15, 0.2) is 60.8 Å². The van der Waals surface area contributed by atoms with Gasteiger partial charge in [-0.1, -0.05) is 41.9 Å². The Kier molecular flexibility index (Phi) is 5.81. The molecule has 0 bridgehead atoms. The number of carbonyl (C=O) groups is 2. The van der Waals surface area contributed by atoms with Gasteiger partial charge in [-0.05, 0) is 23.1 Å². The number of hydrogen-bond acceptors (Lipinski definition) is 5. The van der Waals surface area contributed by atoms with Crippen LogP contribution in [0.25, 0.3) is 0 Å². The van der Waals surface area contributed by atoms with Crippen LogP contribution in [0, 0.1) is 10.1 Å². The van der Waals surface area contributed by atoms with Crippen molar-refractivity contribution in [3.05, 3.63) is 87.1 Å². The topological polar surface area (TPSA) is 107 Å². The van der Waals surface area contributed by atoms with Gasteiger partial charge in [-0.15, -0.1) is 0 Å². The number of nitrogens with one attached hydrogen (secondary N) is 1. The van der Waals surface area contributed by atoms with Crippen LogP contribution in [-0.4, -0.2) is 26.4 Å². The average Bonchev–Trinajstić information content (AvgIpc) is 3.17. The summed E-state index contributed by atoms with van der Waals surface area (Å²) in [6.07, 6.45) is 1.46. The van der Waals surface area contributed by atoms with Crippen LogP contribution in [0.4, 0.5) is 11.5 Å². The average molecular weight is 399 g/mol. The van der Waals surface area contributed by atoms with E-state index in [1.165, 1.54) is 23.0 Å². The van der Waals surface area contributed by atoms with Gasteiger partial charge >= 0.3 is 5.82 Å². The smallest absolute Gasteiger partial charge is 0.358 e. The molecular weight excluding hydrogens is 384 g/mol. The molecule has 0 saturated carbocycles. The molecule has 0 atom stereocenters. The summed E-state index contributed by atoms with van der Waals surface area (Å²) in [5.74, 6) is -0.905. The third-order valence-corrected chi connectivity index (χ3v) is 4.15. The molecule has 0 radical (unpaired) electrons. The van der Waals surface area contributed by atoms with Crippen LogP contribution >= 0.6 is 11.6 Å². The van der Waals surface area contributed by atoms with E-state index in [2.05, 4.69) is 10.4 Å². The highest BCUT2D eigenvalue weighted by atomic mass is 35.5.